The van der Waals surface area contributed by atoms with Crippen molar-refractivity contribution in [1.82, 2.24) is 0 Å². The van der Waals surface area contributed by atoms with Crippen molar-refractivity contribution in [2.45, 2.75) is 13.3 Å². The minimum absolute atomic E-state index is 0.133. The van der Waals surface area contributed by atoms with Crippen LogP contribution in [0.1, 0.15) is 13.3 Å². The highest BCUT2D eigenvalue weighted by Gasteiger charge is 2.22. The molecule has 0 saturated carbocycles. The van der Waals surface area contributed by atoms with Crippen LogP contribution in [0.2, 0.25) is 0 Å². The van der Waals surface area contributed by atoms with E-state index in [1.54, 1.807) is 25.1 Å². The van der Waals surface area contributed by atoms with Crippen molar-refractivity contribution in [3.05, 3.63) is 18.2 Å². The summed E-state index contributed by atoms with van der Waals surface area (Å²) in [6, 6.07) is 5.03. The van der Waals surface area contributed by atoms with Crippen LogP contribution in [0.15, 0.2) is 23.4 Å². The van der Waals surface area contributed by atoms with Gasteiger partial charge >= 0.3 is 0 Å². The van der Waals surface area contributed by atoms with Crippen LogP contribution in [0, 0.1) is 5.92 Å². The summed E-state index contributed by atoms with van der Waals surface area (Å²) in [6.45, 7) is 1.77. The zero-order valence-corrected chi connectivity index (χ0v) is 11.7. The number of rotatable bonds is 6. The number of hydrogen-bond donors (Lipinski definition) is 3. The van der Waals surface area contributed by atoms with E-state index in [1.165, 1.54) is 14.2 Å². The molecule has 0 saturated heterocycles. The third-order valence-corrected chi connectivity index (χ3v) is 2.86. The molecule has 0 heterocycles. The molecule has 1 rings (SSSR count). The fraction of sp³-hybridized carbons (Fsp3) is 0.385. The maximum absolute atomic E-state index is 12.1. The molecule has 0 fully saturated rings. The fourth-order valence-electron chi connectivity index (χ4n) is 1.73. The van der Waals surface area contributed by atoms with Crippen molar-refractivity contribution < 1.29 is 19.5 Å². The van der Waals surface area contributed by atoms with Crippen LogP contribution in [0.5, 0.6) is 11.5 Å². The number of oxime groups is 1. The number of ether oxygens (including phenoxy) is 2. The van der Waals surface area contributed by atoms with Crippen LogP contribution < -0.4 is 20.5 Å². The average molecular weight is 281 g/mol. The predicted octanol–water partition coefficient (Wildman–Crippen LogP) is 1.41. The van der Waals surface area contributed by atoms with E-state index < -0.39 is 5.92 Å². The van der Waals surface area contributed by atoms with E-state index in [1.807, 2.05) is 0 Å². The molecular weight excluding hydrogens is 262 g/mol. The largest absolute Gasteiger partial charge is 0.497 e. The Morgan fingerprint density at radius 2 is 2.15 bits per heavy atom. The zero-order chi connectivity index (χ0) is 15.1. The number of carbonyl (C=O) groups excluding carboxylic acids is 1. The first-order valence-corrected chi connectivity index (χ1v) is 6.07. The van der Waals surface area contributed by atoms with Gasteiger partial charge in [0, 0.05) is 6.07 Å². The van der Waals surface area contributed by atoms with E-state index in [0.717, 1.165) is 0 Å². The molecule has 0 aliphatic carbocycles. The standard InChI is InChI=1S/C13H19N3O4/c1-4-9(12(14)16-18)13(17)15-10-7-8(19-2)5-6-11(10)20-3/h5-7,9,18H,4H2,1-3H3,(H2,14,16)(H,15,17). The van der Waals surface area contributed by atoms with E-state index in [-0.39, 0.29) is 11.7 Å². The van der Waals surface area contributed by atoms with E-state index in [2.05, 4.69) is 10.5 Å². The van der Waals surface area contributed by atoms with Crippen LogP contribution in [0.4, 0.5) is 5.69 Å². The number of nitrogens with zero attached hydrogens (tertiary/aromatic N) is 1. The summed E-state index contributed by atoms with van der Waals surface area (Å²) in [5.74, 6) is -0.149. The number of benzene rings is 1. The Morgan fingerprint density at radius 1 is 1.45 bits per heavy atom. The maximum atomic E-state index is 12.1. The molecule has 1 atom stereocenters. The number of carbonyl (C=O) groups is 1. The Morgan fingerprint density at radius 3 is 2.65 bits per heavy atom. The van der Waals surface area contributed by atoms with Gasteiger partial charge in [-0.2, -0.15) is 0 Å². The molecule has 1 amide bonds. The normalized spacial score (nSPS) is 12.7. The second-order valence-electron chi connectivity index (χ2n) is 4.04. The van der Waals surface area contributed by atoms with Crippen LogP contribution in [-0.2, 0) is 4.79 Å². The van der Waals surface area contributed by atoms with Crippen LogP contribution >= 0.6 is 0 Å². The van der Waals surface area contributed by atoms with Gasteiger partial charge in [-0.15, -0.1) is 0 Å². The minimum atomic E-state index is -0.712. The molecule has 7 heteroatoms. The first kappa shape index (κ1) is 15.6. The first-order valence-electron chi connectivity index (χ1n) is 6.07. The maximum Gasteiger partial charge on any atom is 0.235 e. The van der Waals surface area contributed by atoms with Crippen LogP contribution in [0.3, 0.4) is 0 Å². The zero-order valence-electron chi connectivity index (χ0n) is 11.7. The van der Waals surface area contributed by atoms with Gasteiger partial charge in [0.15, 0.2) is 5.84 Å². The number of nitrogens with one attached hydrogen (secondary N) is 1. The van der Waals surface area contributed by atoms with Gasteiger partial charge in [-0.25, -0.2) is 0 Å². The van der Waals surface area contributed by atoms with Crippen molar-refractivity contribution in [3.63, 3.8) is 0 Å². The third-order valence-electron chi connectivity index (χ3n) is 2.86. The Bertz CT molecular complexity index is 502. The molecule has 0 bridgehead atoms. The second kappa shape index (κ2) is 7.22. The fourth-order valence-corrected chi connectivity index (χ4v) is 1.73. The topological polar surface area (TPSA) is 106 Å². The van der Waals surface area contributed by atoms with Crippen LogP contribution in [-0.4, -0.2) is 31.2 Å². The number of methoxy groups -OCH3 is 2. The quantitative estimate of drug-likeness (QED) is 0.316. The van der Waals surface area contributed by atoms with Gasteiger partial charge in [0.2, 0.25) is 5.91 Å². The monoisotopic (exact) mass is 281 g/mol. The lowest BCUT2D eigenvalue weighted by atomic mass is 10.0. The Balaban J connectivity index is 2.99. The molecule has 4 N–H and O–H groups in total. The number of anilines is 1. The summed E-state index contributed by atoms with van der Waals surface area (Å²) < 4.78 is 10.3. The van der Waals surface area contributed by atoms with E-state index in [0.29, 0.717) is 23.6 Å². The molecule has 0 radical (unpaired) electrons. The lowest BCUT2D eigenvalue weighted by molar-refractivity contribution is -0.118. The molecule has 1 aromatic carbocycles. The van der Waals surface area contributed by atoms with Gasteiger partial charge in [-0.05, 0) is 18.6 Å². The lowest BCUT2D eigenvalue weighted by Crippen LogP contribution is -2.34. The number of nitrogens with two attached hydrogens (primary N) is 1. The van der Waals surface area contributed by atoms with E-state index in [4.69, 9.17) is 20.4 Å². The molecule has 7 nitrogen and oxygen atoms in total. The Hall–Kier alpha value is -2.44. The second-order valence-corrected chi connectivity index (χ2v) is 4.04. The van der Waals surface area contributed by atoms with Crippen LogP contribution in [0.25, 0.3) is 0 Å². The highest BCUT2D eigenvalue weighted by molar-refractivity contribution is 6.08. The van der Waals surface area contributed by atoms with E-state index >= 15 is 0 Å². The summed E-state index contributed by atoms with van der Waals surface area (Å²) in [4.78, 5) is 12.1. The molecule has 0 aliphatic heterocycles. The predicted molar refractivity (Wildman–Crippen MR) is 75.4 cm³/mol. The van der Waals surface area contributed by atoms with Crippen molar-refractivity contribution in [2.75, 3.05) is 19.5 Å². The minimum Gasteiger partial charge on any atom is -0.497 e. The highest BCUT2D eigenvalue weighted by Crippen LogP contribution is 2.29. The van der Waals surface area contributed by atoms with Gasteiger partial charge in [0.1, 0.15) is 11.5 Å². The molecular formula is C13H19N3O4. The summed E-state index contributed by atoms with van der Waals surface area (Å²) >= 11 is 0. The average Bonchev–Trinajstić information content (AvgIpc) is 2.47. The van der Waals surface area contributed by atoms with Crippen molar-refractivity contribution in [2.24, 2.45) is 16.8 Å². The summed E-state index contributed by atoms with van der Waals surface area (Å²) in [6.07, 6.45) is 0.411. The van der Waals surface area contributed by atoms with Crippen molar-refractivity contribution in [3.8, 4) is 11.5 Å². The van der Waals surface area contributed by atoms with Crippen molar-refractivity contribution >= 4 is 17.4 Å². The summed E-state index contributed by atoms with van der Waals surface area (Å²) in [5.41, 5.74) is 5.95. The van der Waals surface area contributed by atoms with Crippen molar-refractivity contribution in [1.29, 1.82) is 0 Å². The summed E-state index contributed by atoms with van der Waals surface area (Å²) in [5, 5.41) is 14.2. The van der Waals surface area contributed by atoms with Gasteiger partial charge in [-0.1, -0.05) is 12.1 Å². The SMILES string of the molecule is CCC(C(=O)Nc1cc(OC)ccc1OC)C(N)=NO. The molecule has 0 spiro atoms. The molecule has 20 heavy (non-hydrogen) atoms. The van der Waals surface area contributed by atoms with Gasteiger partial charge < -0.3 is 25.7 Å². The first-order chi connectivity index (χ1) is 9.57. The lowest BCUT2D eigenvalue weighted by Gasteiger charge is -2.16. The number of amides is 1. The van der Waals surface area contributed by atoms with Gasteiger partial charge in [0.05, 0.1) is 25.8 Å². The molecule has 0 aromatic heterocycles. The van der Waals surface area contributed by atoms with Gasteiger partial charge in [-0.3, -0.25) is 4.79 Å². The molecule has 0 aliphatic rings. The molecule has 110 valence electrons. The Labute approximate surface area is 117 Å². The smallest absolute Gasteiger partial charge is 0.235 e. The Kier molecular flexibility index (Phi) is 5.64. The summed E-state index contributed by atoms with van der Waals surface area (Å²) in [7, 11) is 3.02. The van der Waals surface area contributed by atoms with E-state index in [9.17, 15) is 4.79 Å². The number of hydrogen-bond acceptors (Lipinski definition) is 5. The van der Waals surface area contributed by atoms with Gasteiger partial charge in [0.25, 0.3) is 0 Å². The number of amidine groups is 1. The molecule has 1 aromatic rings. The molecule has 1 unspecified atom stereocenters. The highest BCUT2D eigenvalue weighted by atomic mass is 16.5. The third kappa shape index (κ3) is 3.53.